The first-order chi connectivity index (χ1) is 13.5. The number of hydrogen-bond acceptors (Lipinski definition) is 5. The zero-order chi connectivity index (χ0) is 20.1. The van der Waals surface area contributed by atoms with E-state index in [-0.39, 0.29) is 30.3 Å². The first-order valence-electron chi connectivity index (χ1n) is 10.1. The van der Waals surface area contributed by atoms with Crippen molar-refractivity contribution >= 4 is 17.7 Å². The summed E-state index contributed by atoms with van der Waals surface area (Å²) in [7, 11) is 0. The summed E-state index contributed by atoms with van der Waals surface area (Å²) in [6.07, 6.45) is 7.55. The molecule has 0 aromatic carbocycles. The molecule has 2 aliphatic heterocycles. The second-order valence-corrected chi connectivity index (χ2v) is 7.59. The highest BCUT2D eigenvalue weighted by Gasteiger charge is 2.31. The van der Waals surface area contributed by atoms with Crippen LogP contribution in [0.4, 0.5) is 0 Å². The number of carbonyl (C=O) groups excluding carboxylic acids is 3. The lowest BCUT2D eigenvalue weighted by molar-refractivity contribution is -0.136. The van der Waals surface area contributed by atoms with Gasteiger partial charge in [-0.3, -0.25) is 14.4 Å². The minimum absolute atomic E-state index is 0.00835. The van der Waals surface area contributed by atoms with Gasteiger partial charge in [-0.2, -0.15) is 0 Å². The van der Waals surface area contributed by atoms with Crippen molar-refractivity contribution in [3.8, 4) is 0 Å². The fourth-order valence-corrected chi connectivity index (χ4v) is 3.92. The van der Waals surface area contributed by atoms with Gasteiger partial charge < -0.3 is 15.1 Å². The van der Waals surface area contributed by atoms with Gasteiger partial charge in [-0.25, -0.2) is 9.97 Å². The molecular formula is C20H29N5O3. The van der Waals surface area contributed by atoms with Crippen molar-refractivity contribution in [2.45, 2.75) is 58.4 Å². The molecule has 0 bridgehead atoms. The number of likely N-dealkylation sites (tertiary alicyclic amines) is 2. The Bertz CT molecular complexity index is 745. The molecule has 8 heteroatoms. The zero-order valence-corrected chi connectivity index (χ0v) is 16.7. The molecule has 8 nitrogen and oxygen atoms in total. The van der Waals surface area contributed by atoms with Crippen LogP contribution in [0.15, 0.2) is 6.20 Å². The summed E-state index contributed by atoms with van der Waals surface area (Å²) in [6.45, 7) is 5.40. The van der Waals surface area contributed by atoms with E-state index in [0.717, 1.165) is 45.2 Å². The number of rotatable bonds is 4. The van der Waals surface area contributed by atoms with Crippen LogP contribution in [0, 0.1) is 6.92 Å². The van der Waals surface area contributed by atoms with Crippen LogP contribution in [0.1, 0.15) is 73.4 Å². The summed E-state index contributed by atoms with van der Waals surface area (Å²) in [5, 5.41) is 2.57. The summed E-state index contributed by atoms with van der Waals surface area (Å²) in [4.78, 5) is 49.1. The molecule has 2 fully saturated rings. The minimum Gasteiger partial charge on any atom is -0.347 e. The Labute approximate surface area is 165 Å². The van der Waals surface area contributed by atoms with E-state index in [1.54, 1.807) is 11.1 Å². The molecule has 28 heavy (non-hydrogen) atoms. The zero-order valence-electron chi connectivity index (χ0n) is 16.7. The van der Waals surface area contributed by atoms with Crippen molar-refractivity contribution in [3.05, 3.63) is 23.3 Å². The maximum absolute atomic E-state index is 12.8. The molecule has 2 saturated heterocycles. The number of nitrogens with zero attached hydrogens (tertiary/aromatic N) is 4. The van der Waals surface area contributed by atoms with Gasteiger partial charge in [0.15, 0.2) is 5.82 Å². The molecule has 1 aromatic heterocycles. The molecule has 152 valence electrons. The number of aromatic nitrogens is 2. The van der Waals surface area contributed by atoms with E-state index >= 15 is 0 Å². The maximum Gasteiger partial charge on any atom is 0.257 e. The van der Waals surface area contributed by atoms with Crippen LogP contribution >= 0.6 is 0 Å². The van der Waals surface area contributed by atoms with Crippen LogP contribution in [0.3, 0.4) is 0 Å². The van der Waals surface area contributed by atoms with Gasteiger partial charge in [0.2, 0.25) is 11.8 Å². The van der Waals surface area contributed by atoms with E-state index in [1.165, 1.54) is 13.3 Å². The number of carbonyl (C=O) groups is 3. The first kappa shape index (κ1) is 20.2. The van der Waals surface area contributed by atoms with E-state index in [4.69, 9.17) is 0 Å². The average Bonchev–Trinajstić information content (AvgIpc) is 2.72. The molecule has 1 aromatic rings. The Balaban J connectivity index is 1.76. The molecule has 2 aliphatic rings. The highest BCUT2D eigenvalue weighted by molar-refractivity contribution is 5.95. The minimum atomic E-state index is -0.227. The second kappa shape index (κ2) is 9.12. The molecule has 0 saturated carbocycles. The van der Waals surface area contributed by atoms with Crippen LogP contribution in [0.25, 0.3) is 0 Å². The molecule has 1 atom stereocenters. The van der Waals surface area contributed by atoms with Crippen LogP contribution in [-0.2, 0) is 9.59 Å². The van der Waals surface area contributed by atoms with Crippen molar-refractivity contribution in [3.63, 3.8) is 0 Å². The SMILES string of the molecule is CC(=O)NCC(=O)N1CCCCC1c1ncc(C(=O)N2CCCCC2)c(C)n1. The molecular weight excluding hydrogens is 358 g/mol. The Morgan fingerprint density at radius 3 is 2.50 bits per heavy atom. The van der Waals surface area contributed by atoms with Gasteiger partial charge >= 0.3 is 0 Å². The van der Waals surface area contributed by atoms with Crippen LogP contribution in [-0.4, -0.2) is 63.7 Å². The molecule has 3 rings (SSSR count). The van der Waals surface area contributed by atoms with Gasteiger partial charge in [-0.1, -0.05) is 0 Å². The fourth-order valence-electron chi connectivity index (χ4n) is 3.92. The molecule has 0 radical (unpaired) electrons. The summed E-state index contributed by atoms with van der Waals surface area (Å²) < 4.78 is 0. The van der Waals surface area contributed by atoms with Gasteiger partial charge in [0.1, 0.15) is 0 Å². The number of nitrogens with one attached hydrogen (secondary N) is 1. The Morgan fingerprint density at radius 1 is 1.11 bits per heavy atom. The van der Waals surface area contributed by atoms with E-state index in [1.807, 2.05) is 11.8 Å². The molecule has 0 spiro atoms. The lowest BCUT2D eigenvalue weighted by Crippen LogP contribution is -2.44. The number of aryl methyl sites for hydroxylation is 1. The molecule has 1 N–H and O–H groups in total. The highest BCUT2D eigenvalue weighted by atomic mass is 16.2. The van der Waals surface area contributed by atoms with E-state index in [9.17, 15) is 14.4 Å². The Morgan fingerprint density at radius 2 is 1.82 bits per heavy atom. The first-order valence-corrected chi connectivity index (χ1v) is 10.1. The largest absolute Gasteiger partial charge is 0.347 e. The Hall–Kier alpha value is -2.51. The third-order valence-electron chi connectivity index (χ3n) is 5.48. The average molecular weight is 387 g/mol. The van der Waals surface area contributed by atoms with Crippen LogP contribution in [0.2, 0.25) is 0 Å². The van der Waals surface area contributed by atoms with Gasteiger partial charge in [0.25, 0.3) is 5.91 Å². The Kier molecular flexibility index (Phi) is 6.59. The molecule has 1 unspecified atom stereocenters. The van der Waals surface area contributed by atoms with Crippen molar-refractivity contribution in [2.75, 3.05) is 26.2 Å². The number of amides is 3. The van der Waals surface area contributed by atoms with Crippen molar-refractivity contribution in [2.24, 2.45) is 0 Å². The summed E-state index contributed by atoms with van der Waals surface area (Å²) in [5.41, 5.74) is 1.19. The molecule has 0 aliphatic carbocycles. The predicted molar refractivity (Wildman–Crippen MR) is 104 cm³/mol. The van der Waals surface area contributed by atoms with Crippen molar-refractivity contribution < 1.29 is 14.4 Å². The lowest BCUT2D eigenvalue weighted by atomic mass is 10.0. The van der Waals surface area contributed by atoms with E-state index in [2.05, 4.69) is 15.3 Å². The third kappa shape index (κ3) is 4.66. The van der Waals surface area contributed by atoms with Crippen molar-refractivity contribution in [1.29, 1.82) is 0 Å². The quantitative estimate of drug-likeness (QED) is 0.847. The summed E-state index contributed by atoms with van der Waals surface area (Å²) >= 11 is 0. The normalized spacial score (nSPS) is 20.0. The summed E-state index contributed by atoms with van der Waals surface area (Å²) in [5.74, 6) is 0.207. The van der Waals surface area contributed by atoms with Crippen LogP contribution < -0.4 is 5.32 Å². The summed E-state index contributed by atoms with van der Waals surface area (Å²) in [6, 6.07) is -0.215. The third-order valence-corrected chi connectivity index (χ3v) is 5.48. The van der Waals surface area contributed by atoms with E-state index in [0.29, 0.717) is 23.6 Å². The van der Waals surface area contributed by atoms with Crippen molar-refractivity contribution in [1.82, 2.24) is 25.1 Å². The number of piperidine rings is 2. The molecule has 3 heterocycles. The second-order valence-electron chi connectivity index (χ2n) is 7.59. The highest BCUT2D eigenvalue weighted by Crippen LogP contribution is 2.29. The van der Waals surface area contributed by atoms with Gasteiger partial charge in [0.05, 0.1) is 23.8 Å². The van der Waals surface area contributed by atoms with Gasteiger partial charge in [0, 0.05) is 32.8 Å². The maximum atomic E-state index is 12.8. The van der Waals surface area contributed by atoms with Gasteiger partial charge in [-0.15, -0.1) is 0 Å². The number of hydrogen-bond donors (Lipinski definition) is 1. The monoisotopic (exact) mass is 387 g/mol. The fraction of sp³-hybridized carbons (Fsp3) is 0.650. The van der Waals surface area contributed by atoms with E-state index < -0.39 is 0 Å². The lowest BCUT2D eigenvalue weighted by Gasteiger charge is -2.35. The standard InChI is InChI=1S/C20H29N5O3/c1-14-16(20(28)24-9-5-3-6-10-24)12-22-19(23-14)17-8-4-7-11-25(17)18(27)13-21-15(2)26/h12,17H,3-11,13H2,1-2H3,(H,21,26). The predicted octanol–water partition coefficient (Wildman–Crippen LogP) is 1.60. The smallest absolute Gasteiger partial charge is 0.257 e. The topological polar surface area (TPSA) is 95.5 Å². The van der Waals surface area contributed by atoms with Crippen LogP contribution in [0.5, 0.6) is 0 Å². The van der Waals surface area contributed by atoms with Gasteiger partial charge in [-0.05, 0) is 45.4 Å². The molecule has 3 amide bonds.